The molecular weight excluding hydrogens is 220 g/mol. The van der Waals surface area contributed by atoms with E-state index in [4.69, 9.17) is 5.26 Å². The first kappa shape index (κ1) is 12.5. The van der Waals surface area contributed by atoms with E-state index in [0.29, 0.717) is 0 Å². The van der Waals surface area contributed by atoms with E-state index in [0.717, 1.165) is 36.1 Å². The van der Waals surface area contributed by atoms with Crippen molar-refractivity contribution < 1.29 is 0 Å². The lowest BCUT2D eigenvalue weighted by molar-refractivity contribution is -0.0396. The second-order valence-corrected chi connectivity index (χ2v) is 7.55. The predicted molar refractivity (Wildman–Crippen MR) is 72.8 cm³/mol. The maximum absolute atomic E-state index is 9.02. The third-order valence-corrected chi connectivity index (χ3v) is 5.75. The minimum Gasteiger partial charge on any atom is -0.300 e. The molecule has 18 heavy (non-hydrogen) atoms. The van der Waals surface area contributed by atoms with Crippen molar-refractivity contribution in [1.82, 2.24) is 5.32 Å². The quantitative estimate of drug-likeness (QED) is 0.826. The topological polar surface area (TPSA) is 35.8 Å². The van der Waals surface area contributed by atoms with Crippen molar-refractivity contribution in [2.75, 3.05) is 6.54 Å². The van der Waals surface area contributed by atoms with Crippen molar-refractivity contribution in [2.45, 2.75) is 57.9 Å². The van der Waals surface area contributed by atoms with Crippen LogP contribution < -0.4 is 5.32 Å². The molecule has 0 unspecified atom stereocenters. The fraction of sp³-hybridized carbons (Fsp3) is 0.938. The van der Waals surface area contributed by atoms with Crippen LogP contribution in [0.25, 0.3) is 0 Å². The van der Waals surface area contributed by atoms with Gasteiger partial charge in [-0.3, -0.25) is 5.32 Å². The minimum atomic E-state index is -0.355. The molecule has 0 saturated heterocycles. The second kappa shape index (κ2) is 4.53. The van der Waals surface area contributed by atoms with Crippen LogP contribution in [0.4, 0.5) is 0 Å². The number of hydrogen-bond acceptors (Lipinski definition) is 2. The van der Waals surface area contributed by atoms with Crippen LogP contribution in [-0.2, 0) is 0 Å². The zero-order valence-corrected chi connectivity index (χ0v) is 11.8. The molecule has 0 aliphatic heterocycles. The van der Waals surface area contributed by atoms with E-state index in [1.807, 2.05) is 13.8 Å². The standard InChI is InChI=1S/C16H26N2/c1-16(2,10-17)18-4-3-15-13-6-11-5-12(8-13)9-14(15)7-11/h11-15,18H,3-9H2,1-2H3. The van der Waals surface area contributed by atoms with Gasteiger partial charge in [-0.25, -0.2) is 0 Å². The van der Waals surface area contributed by atoms with Gasteiger partial charge in [-0.2, -0.15) is 5.26 Å². The number of nitriles is 1. The Morgan fingerprint density at radius 2 is 1.61 bits per heavy atom. The summed E-state index contributed by atoms with van der Waals surface area (Å²) in [5.74, 6) is 5.15. The summed E-state index contributed by atoms with van der Waals surface area (Å²) in [5, 5.41) is 12.4. The van der Waals surface area contributed by atoms with Gasteiger partial charge in [-0.05, 0) is 88.5 Å². The van der Waals surface area contributed by atoms with Gasteiger partial charge in [-0.15, -0.1) is 0 Å². The van der Waals surface area contributed by atoms with Crippen molar-refractivity contribution >= 4 is 0 Å². The smallest absolute Gasteiger partial charge is 0.101 e. The molecule has 0 aromatic carbocycles. The molecule has 2 heteroatoms. The highest BCUT2D eigenvalue weighted by Crippen LogP contribution is 2.57. The Kier molecular flexibility index (Phi) is 3.14. The van der Waals surface area contributed by atoms with Crippen LogP contribution >= 0.6 is 0 Å². The van der Waals surface area contributed by atoms with E-state index < -0.39 is 0 Å². The molecule has 0 heterocycles. The summed E-state index contributed by atoms with van der Waals surface area (Å²) in [6, 6.07) is 2.33. The number of hydrogen-bond donors (Lipinski definition) is 1. The zero-order chi connectivity index (χ0) is 12.8. The van der Waals surface area contributed by atoms with Gasteiger partial charge >= 0.3 is 0 Å². The largest absolute Gasteiger partial charge is 0.300 e. The summed E-state index contributed by atoms with van der Waals surface area (Å²) in [5.41, 5.74) is -0.355. The molecular formula is C16H26N2. The van der Waals surface area contributed by atoms with Gasteiger partial charge in [0, 0.05) is 0 Å². The summed E-state index contributed by atoms with van der Waals surface area (Å²) in [6.45, 7) is 4.97. The maximum atomic E-state index is 9.02. The SMILES string of the molecule is CC(C)(C#N)NCCC1C2CC3CC(C2)CC1C3. The van der Waals surface area contributed by atoms with Gasteiger partial charge in [0.05, 0.1) is 6.07 Å². The second-order valence-electron chi connectivity index (χ2n) is 7.55. The molecule has 100 valence electrons. The summed E-state index contributed by atoms with van der Waals surface area (Å²) in [4.78, 5) is 0. The van der Waals surface area contributed by atoms with Gasteiger partial charge in [0.25, 0.3) is 0 Å². The van der Waals surface area contributed by atoms with Gasteiger partial charge in [0.15, 0.2) is 0 Å². The van der Waals surface area contributed by atoms with Gasteiger partial charge in [0.1, 0.15) is 5.54 Å². The Balaban J connectivity index is 1.53. The fourth-order valence-corrected chi connectivity index (χ4v) is 5.10. The van der Waals surface area contributed by atoms with Crippen LogP contribution in [0.3, 0.4) is 0 Å². The van der Waals surface area contributed by atoms with Crippen molar-refractivity contribution in [3.63, 3.8) is 0 Å². The lowest BCUT2D eigenvalue weighted by Crippen LogP contribution is -2.47. The van der Waals surface area contributed by atoms with E-state index in [1.54, 1.807) is 6.42 Å². The molecule has 0 radical (unpaired) electrons. The highest BCUT2D eigenvalue weighted by atomic mass is 14.9. The van der Waals surface area contributed by atoms with Crippen molar-refractivity contribution in [2.24, 2.45) is 29.6 Å². The minimum absolute atomic E-state index is 0.355. The van der Waals surface area contributed by atoms with Gasteiger partial charge in [0.2, 0.25) is 0 Å². The molecule has 4 bridgehead atoms. The number of rotatable bonds is 4. The van der Waals surface area contributed by atoms with Crippen molar-refractivity contribution in [1.29, 1.82) is 5.26 Å². The van der Waals surface area contributed by atoms with Gasteiger partial charge < -0.3 is 0 Å². The first-order valence-electron chi connectivity index (χ1n) is 7.73. The zero-order valence-electron chi connectivity index (χ0n) is 11.8. The lowest BCUT2D eigenvalue weighted by Gasteiger charge is -2.54. The normalized spacial score (nSPS) is 41.9. The third-order valence-electron chi connectivity index (χ3n) is 5.75. The fourth-order valence-electron chi connectivity index (χ4n) is 5.10. The summed E-state index contributed by atoms with van der Waals surface area (Å²) < 4.78 is 0. The molecule has 4 aliphatic rings. The Bertz CT molecular complexity index is 325. The molecule has 4 saturated carbocycles. The van der Waals surface area contributed by atoms with Crippen LogP contribution in [0.2, 0.25) is 0 Å². The summed E-state index contributed by atoms with van der Waals surface area (Å²) >= 11 is 0. The molecule has 4 rings (SSSR count). The van der Waals surface area contributed by atoms with Crippen LogP contribution in [0.5, 0.6) is 0 Å². The first-order chi connectivity index (χ1) is 8.57. The highest BCUT2D eigenvalue weighted by Gasteiger charge is 2.47. The average Bonchev–Trinajstić information content (AvgIpc) is 2.32. The molecule has 4 fully saturated rings. The highest BCUT2D eigenvalue weighted by molar-refractivity contribution is 5.01. The van der Waals surface area contributed by atoms with E-state index in [1.165, 1.54) is 32.1 Å². The molecule has 0 amide bonds. The first-order valence-corrected chi connectivity index (χ1v) is 7.73. The van der Waals surface area contributed by atoms with Crippen LogP contribution in [0, 0.1) is 40.9 Å². The molecule has 2 nitrogen and oxygen atoms in total. The molecule has 1 N–H and O–H groups in total. The Morgan fingerprint density at radius 3 is 2.11 bits per heavy atom. The number of nitrogens with zero attached hydrogens (tertiary/aromatic N) is 1. The van der Waals surface area contributed by atoms with E-state index in [-0.39, 0.29) is 5.54 Å². The molecule has 0 aromatic heterocycles. The van der Waals surface area contributed by atoms with E-state index >= 15 is 0 Å². The Hall–Kier alpha value is -0.550. The van der Waals surface area contributed by atoms with Crippen molar-refractivity contribution in [3.05, 3.63) is 0 Å². The van der Waals surface area contributed by atoms with Crippen LogP contribution in [-0.4, -0.2) is 12.1 Å². The average molecular weight is 246 g/mol. The third kappa shape index (κ3) is 2.30. The van der Waals surface area contributed by atoms with E-state index in [9.17, 15) is 0 Å². The monoisotopic (exact) mass is 246 g/mol. The molecule has 0 spiro atoms. The maximum Gasteiger partial charge on any atom is 0.101 e. The lowest BCUT2D eigenvalue weighted by atomic mass is 9.51. The summed E-state index contributed by atoms with van der Waals surface area (Å²) in [7, 11) is 0. The Morgan fingerprint density at radius 1 is 1.06 bits per heavy atom. The van der Waals surface area contributed by atoms with E-state index in [2.05, 4.69) is 11.4 Å². The number of nitrogens with one attached hydrogen (secondary N) is 1. The van der Waals surface area contributed by atoms with Gasteiger partial charge in [-0.1, -0.05) is 0 Å². The van der Waals surface area contributed by atoms with Crippen molar-refractivity contribution in [3.8, 4) is 6.07 Å². The molecule has 0 atom stereocenters. The summed E-state index contributed by atoms with van der Waals surface area (Å²) in [6.07, 6.45) is 8.89. The van der Waals surface area contributed by atoms with Crippen LogP contribution in [0.15, 0.2) is 0 Å². The Labute approximate surface area is 111 Å². The molecule has 4 aliphatic carbocycles. The van der Waals surface area contributed by atoms with Crippen LogP contribution in [0.1, 0.15) is 52.4 Å². The predicted octanol–water partition coefficient (Wildman–Crippen LogP) is 3.34. The molecule has 0 aromatic rings.